The molecule has 0 saturated carbocycles. The van der Waals surface area contributed by atoms with Crippen LogP contribution in [0.25, 0.3) is 22.4 Å². The van der Waals surface area contributed by atoms with Crippen LogP contribution in [0.4, 0.5) is 10.2 Å². The molecular formula is C23H25FN4O2. The van der Waals surface area contributed by atoms with Crippen molar-refractivity contribution in [2.24, 2.45) is 11.3 Å². The number of carbonyl (C=O) groups is 1. The van der Waals surface area contributed by atoms with Gasteiger partial charge in [0.25, 0.3) is 0 Å². The van der Waals surface area contributed by atoms with Crippen molar-refractivity contribution in [3.63, 3.8) is 0 Å². The Morgan fingerprint density at radius 1 is 1.20 bits per heavy atom. The molecule has 0 spiro atoms. The van der Waals surface area contributed by atoms with Gasteiger partial charge in [0.2, 0.25) is 11.8 Å². The van der Waals surface area contributed by atoms with Crippen LogP contribution in [0.1, 0.15) is 27.7 Å². The second kappa shape index (κ2) is 7.55. The van der Waals surface area contributed by atoms with E-state index in [-0.39, 0.29) is 23.1 Å². The Hall–Kier alpha value is -3.22. The standard InChI is InChI=1S/C23H25FN4O2/c1-14(2)21(29)26-18-11-16(9-10-25-18)19-20(15-5-7-17(24)8-6-15)27-28-12-23(3,4)13-30-22(19)28/h5-11,14H,12-13H2,1-4H3,(H,25,26,29). The van der Waals surface area contributed by atoms with Gasteiger partial charge < -0.3 is 10.1 Å². The Labute approximate surface area is 175 Å². The first-order valence-corrected chi connectivity index (χ1v) is 10.0. The van der Waals surface area contributed by atoms with Crippen molar-refractivity contribution < 1.29 is 13.9 Å². The van der Waals surface area contributed by atoms with Gasteiger partial charge >= 0.3 is 0 Å². The number of hydrogen-bond acceptors (Lipinski definition) is 4. The van der Waals surface area contributed by atoms with Crippen LogP contribution < -0.4 is 10.1 Å². The van der Waals surface area contributed by atoms with Gasteiger partial charge in [-0.25, -0.2) is 14.1 Å². The molecule has 0 unspecified atom stereocenters. The van der Waals surface area contributed by atoms with E-state index in [2.05, 4.69) is 24.1 Å². The summed E-state index contributed by atoms with van der Waals surface area (Å²) in [6, 6.07) is 9.93. The molecule has 4 rings (SSSR count). The zero-order chi connectivity index (χ0) is 21.5. The van der Waals surface area contributed by atoms with Gasteiger partial charge in [-0.3, -0.25) is 4.79 Å². The van der Waals surface area contributed by atoms with Crippen molar-refractivity contribution in [1.29, 1.82) is 0 Å². The van der Waals surface area contributed by atoms with Crippen LogP contribution in [0, 0.1) is 17.2 Å². The maximum absolute atomic E-state index is 13.5. The highest BCUT2D eigenvalue weighted by Gasteiger charge is 2.32. The number of anilines is 1. The van der Waals surface area contributed by atoms with Gasteiger partial charge in [-0.15, -0.1) is 0 Å². The summed E-state index contributed by atoms with van der Waals surface area (Å²) in [6.07, 6.45) is 1.65. The Morgan fingerprint density at radius 3 is 2.63 bits per heavy atom. The lowest BCUT2D eigenvalue weighted by Crippen LogP contribution is -2.33. The van der Waals surface area contributed by atoms with E-state index in [4.69, 9.17) is 9.84 Å². The topological polar surface area (TPSA) is 69.0 Å². The summed E-state index contributed by atoms with van der Waals surface area (Å²) < 4.78 is 21.5. The minimum absolute atomic E-state index is 0.0506. The molecule has 0 saturated heterocycles. The molecule has 3 aromatic rings. The number of benzene rings is 1. The summed E-state index contributed by atoms with van der Waals surface area (Å²) in [5.41, 5.74) is 3.07. The fraction of sp³-hybridized carbons (Fsp3) is 0.348. The molecule has 2 aromatic heterocycles. The van der Waals surface area contributed by atoms with Gasteiger partial charge in [0.1, 0.15) is 17.3 Å². The summed E-state index contributed by atoms with van der Waals surface area (Å²) in [7, 11) is 0. The van der Waals surface area contributed by atoms with Crippen molar-refractivity contribution in [1.82, 2.24) is 14.8 Å². The van der Waals surface area contributed by atoms with E-state index in [0.29, 0.717) is 30.5 Å². The summed E-state index contributed by atoms with van der Waals surface area (Å²) in [5, 5.41) is 7.64. The second-order valence-corrected chi connectivity index (χ2v) is 8.72. The normalized spacial score (nSPS) is 14.9. The number of carbonyl (C=O) groups excluding carboxylic acids is 1. The van der Waals surface area contributed by atoms with Crippen LogP contribution in [0.5, 0.6) is 5.88 Å². The van der Waals surface area contributed by atoms with Crippen LogP contribution in [0.15, 0.2) is 42.6 Å². The molecule has 1 N–H and O–H groups in total. The van der Waals surface area contributed by atoms with Crippen molar-refractivity contribution >= 4 is 11.7 Å². The Balaban J connectivity index is 1.83. The number of rotatable bonds is 4. The lowest BCUT2D eigenvalue weighted by Gasteiger charge is -2.30. The molecule has 0 fully saturated rings. The number of aromatic nitrogens is 3. The fourth-order valence-electron chi connectivity index (χ4n) is 3.41. The molecule has 0 atom stereocenters. The molecule has 1 aliphatic heterocycles. The number of amides is 1. The van der Waals surface area contributed by atoms with Crippen molar-refractivity contribution in [3.8, 4) is 28.3 Å². The molecule has 0 bridgehead atoms. The number of hydrogen-bond donors (Lipinski definition) is 1. The lowest BCUT2D eigenvalue weighted by molar-refractivity contribution is -0.118. The van der Waals surface area contributed by atoms with E-state index in [1.54, 1.807) is 18.3 Å². The highest BCUT2D eigenvalue weighted by Crippen LogP contribution is 2.43. The monoisotopic (exact) mass is 408 g/mol. The highest BCUT2D eigenvalue weighted by molar-refractivity contribution is 5.92. The number of ether oxygens (including phenoxy) is 1. The van der Waals surface area contributed by atoms with Gasteiger partial charge in [0, 0.05) is 23.1 Å². The molecular weight excluding hydrogens is 383 g/mol. The predicted octanol–water partition coefficient (Wildman–Crippen LogP) is 4.76. The van der Waals surface area contributed by atoms with E-state index in [0.717, 1.165) is 16.7 Å². The molecule has 0 radical (unpaired) electrons. The van der Waals surface area contributed by atoms with Crippen molar-refractivity contribution in [3.05, 3.63) is 48.4 Å². The van der Waals surface area contributed by atoms with Crippen molar-refractivity contribution in [2.45, 2.75) is 34.2 Å². The average Bonchev–Trinajstić information content (AvgIpc) is 3.06. The Morgan fingerprint density at radius 2 is 1.93 bits per heavy atom. The number of nitrogens with zero attached hydrogens (tertiary/aromatic N) is 3. The summed E-state index contributed by atoms with van der Waals surface area (Å²) in [5.74, 6) is 0.575. The highest BCUT2D eigenvalue weighted by atomic mass is 19.1. The first-order valence-electron chi connectivity index (χ1n) is 10.0. The van der Waals surface area contributed by atoms with Crippen LogP contribution in [-0.2, 0) is 11.3 Å². The van der Waals surface area contributed by atoms with E-state index in [1.165, 1.54) is 12.1 Å². The van der Waals surface area contributed by atoms with Gasteiger partial charge in [-0.2, -0.15) is 5.10 Å². The molecule has 7 heteroatoms. The van der Waals surface area contributed by atoms with E-state index < -0.39 is 0 Å². The molecule has 6 nitrogen and oxygen atoms in total. The third-order valence-electron chi connectivity index (χ3n) is 5.03. The second-order valence-electron chi connectivity index (χ2n) is 8.72. The smallest absolute Gasteiger partial charge is 0.228 e. The van der Waals surface area contributed by atoms with Crippen LogP contribution in [0.3, 0.4) is 0 Å². The third kappa shape index (κ3) is 3.92. The Kier molecular flexibility index (Phi) is 5.05. The maximum Gasteiger partial charge on any atom is 0.228 e. The van der Waals surface area contributed by atoms with Gasteiger partial charge in [-0.05, 0) is 42.0 Å². The number of pyridine rings is 1. The maximum atomic E-state index is 13.5. The molecule has 1 amide bonds. The quantitative estimate of drug-likeness (QED) is 0.676. The molecule has 0 aliphatic carbocycles. The minimum atomic E-state index is -0.302. The summed E-state index contributed by atoms with van der Waals surface area (Å²) in [6.45, 7) is 9.18. The first kappa shape index (κ1) is 20.1. The van der Waals surface area contributed by atoms with Gasteiger partial charge in [0.05, 0.1) is 18.7 Å². The lowest BCUT2D eigenvalue weighted by atomic mass is 9.94. The van der Waals surface area contributed by atoms with E-state index in [9.17, 15) is 9.18 Å². The SMILES string of the molecule is CC(C)C(=O)Nc1cc(-c2c(-c3ccc(F)cc3)nn3c2OCC(C)(C)C3)ccn1. The third-order valence-corrected chi connectivity index (χ3v) is 5.03. The van der Waals surface area contributed by atoms with E-state index >= 15 is 0 Å². The van der Waals surface area contributed by atoms with Crippen molar-refractivity contribution in [2.75, 3.05) is 11.9 Å². The predicted molar refractivity (Wildman–Crippen MR) is 114 cm³/mol. The first-order chi connectivity index (χ1) is 14.2. The average molecular weight is 408 g/mol. The Bertz CT molecular complexity index is 1090. The molecule has 30 heavy (non-hydrogen) atoms. The molecule has 3 heterocycles. The zero-order valence-corrected chi connectivity index (χ0v) is 17.6. The fourth-order valence-corrected chi connectivity index (χ4v) is 3.41. The van der Waals surface area contributed by atoms with Crippen LogP contribution in [0.2, 0.25) is 0 Å². The largest absolute Gasteiger partial charge is 0.477 e. The number of fused-ring (bicyclic) bond motifs is 1. The van der Waals surface area contributed by atoms with Crippen LogP contribution >= 0.6 is 0 Å². The molecule has 1 aromatic carbocycles. The minimum Gasteiger partial charge on any atom is -0.477 e. The molecule has 156 valence electrons. The van der Waals surface area contributed by atoms with Gasteiger partial charge in [0.15, 0.2) is 0 Å². The number of halogens is 1. The van der Waals surface area contributed by atoms with Gasteiger partial charge in [-0.1, -0.05) is 27.7 Å². The zero-order valence-electron chi connectivity index (χ0n) is 17.6. The van der Waals surface area contributed by atoms with Crippen LogP contribution in [-0.4, -0.2) is 27.3 Å². The number of nitrogens with one attached hydrogen (secondary N) is 1. The van der Waals surface area contributed by atoms with E-state index in [1.807, 2.05) is 30.7 Å². The molecule has 1 aliphatic rings. The summed E-state index contributed by atoms with van der Waals surface area (Å²) in [4.78, 5) is 16.4. The summed E-state index contributed by atoms with van der Waals surface area (Å²) >= 11 is 0.